The predicted octanol–water partition coefficient (Wildman–Crippen LogP) is 0.857. The number of aromatic amines is 1. The minimum atomic E-state index is -0.138. The predicted molar refractivity (Wildman–Crippen MR) is 64.2 cm³/mol. The van der Waals surface area contributed by atoms with Gasteiger partial charge in [-0.3, -0.25) is 4.79 Å². The molecule has 0 fully saturated rings. The highest BCUT2D eigenvalue weighted by atomic mass is 32.2. The number of aryl methyl sites for hydroxylation is 1. The Morgan fingerprint density at radius 1 is 1.73 bits per heavy atom. The number of nitrogens with one attached hydrogen (secondary N) is 2. The van der Waals surface area contributed by atoms with Crippen LogP contribution in [0.5, 0.6) is 0 Å². The van der Waals surface area contributed by atoms with Crippen molar-refractivity contribution < 1.29 is 0 Å². The third kappa shape index (κ3) is 4.56. The van der Waals surface area contributed by atoms with Crippen molar-refractivity contribution in [1.82, 2.24) is 9.97 Å². The SMILES string of the molecule is C#CCSCCNc1cc(=O)[nH]c(C)n1. The van der Waals surface area contributed by atoms with Crippen LogP contribution < -0.4 is 10.9 Å². The van der Waals surface area contributed by atoms with Crippen molar-refractivity contribution in [3.63, 3.8) is 0 Å². The molecule has 0 unspecified atom stereocenters. The fourth-order valence-electron chi connectivity index (χ4n) is 1.05. The second-order valence-corrected chi connectivity index (χ2v) is 4.00. The highest BCUT2D eigenvalue weighted by molar-refractivity contribution is 7.99. The van der Waals surface area contributed by atoms with E-state index in [0.29, 0.717) is 17.4 Å². The number of rotatable bonds is 5. The van der Waals surface area contributed by atoms with Gasteiger partial charge in [-0.15, -0.1) is 18.2 Å². The second-order valence-electron chi connectivity index (χ2n) is 2.90. The van der Waals surface area contributed by atoms with Crippen LogP contribution in [0.2, 0.25) is 0 Å². The molecule has 0 aromatic carbocycles. The molecule has 1 heterocycles. The van der Waals surface area contributed by atoms with Crippen LogP contribution in [0.1, 0.15) is 5.82 Å². The summed E-state index contributed by atoms with van der Waals surface area (Å²) in [5.74, 6) is 5.38. The summed E-state index contributed by atoms with van der Waals surface area (Å²) in [5.41, 5.74) is -0.138. The maximum Gasteiger partial charge on any atom is 0.252 e. The van der Waals surface area contributed by atoms with Crippen molar-refractivity contribution in [2.45, 2.75) is 6.92 Å². The summed E-state index contributed by atoms with van der Waals surface area (Å²) >= 11 is 1.67. The summed E-state index contributed by atoms with van der Waals surface area (Å²) in [7, 11) is 0. The van der Waals surface area contributed by atoms with E-state index in [-0.39, 0.29) is 5.56 Å². The van der Waals surface area contributed by atoms with E-state index in [1.54, 1.807) is 18.7 Å². The molecule has 0 saturated carbocycles. The lowest BCUT2D eigenvalue weighted by Crippen LogP contribution is -2.13. The first-order valence-corrected chi connectivity index (χ1v) is 5.71. The molecular weight excluding hydrogens is 210 g/mol. The Hall–Kier alpha value is -1.41. The van der Waals surface area contributed by atoms with Gasteiger partial charge in [0.2, 0.25) is 0 Å². The van der Waals surface area contributed by atoms with E-state index in [2.05, 4.69) is 21.2 Å². The summed E-state index contributed by atoms with van der Waals surface area (Å²) in [6, 6.07) is 1.44. The van der Waals surface area contributed by atoms with Gasteiger partial charge in [0, 0.05) is 18.4 Å². The van der Waals surface area contributed by atoms with Crippen molar-refractivity contribution in [2.75, 3.05) is 23.4 Å². The van der Waals surface area contributed by atoms with Gasteiger partial charge in [0.1, 0.15) is 11.6 Å². The van der Waals surface area contributed by atoms with E-state index in [1.165, 1.54) is 6.07 Å². The van der Waals surface area contributed by atoms with Crippen molar-refractivity contribution in [1.29, 1.82) is 0 Å². The Kier molecular flexibility index (Phi) is 4.78. The highest BCUT2D eigenvalue weighted by Gasteiger charge is 1.96. The van der Waals surface area contributed by atoms with Crippen molar-refractivity contribution in [3.8, 4) is 12.3 Å². The van der Waals surface area contributed by atoms with Crippen molar-refractivity contribution in [2.24, 2.45) is 0 Å². The lowest BCUT2D eigenvalue weighted by Gasteiger charge is -2.04. The number of nitrogens with zero attached hydrogens (tertiary/aromatic N) is 1. The van der Waals surface area contributed by atoms with Crippen LogP contribution in [0.15, 0.2) is 10.9 Å². The molecule has 0 bridgehead atoms. The maximum absolute atomic E-state index is 11.1. The number of anilines is 1. The largest absolute Gasteiger partial charge is 0.369 e. The van der Waals surface area contributed by atoms with E-state index in [0.717, 1.165) is 12.3 Å². The number of hydrogen-bond donors (Lipinski definition) is 2. The second kappa shape index (κ2) is 6.14. The van der Waals surface area contributed by atoms with Gasteiger partial charge in [0.15, 0.2) is 0 Å². The maximum atomic E-state index is 11.1. The molecule has 0 radical (unpaired) electrons. The van der Waals surface area contributed by atoms with E-state index >= 15 is 0 Å². The molecule has 0 saturated heterocycles. The molecule has 1 aromatic rings. The van der Waals surface area contributed by atoms with Gasteiger partial charge in [-0.1, -0.05) is 5.92 Å². The van der Waals surface area contributed by atoms with E-state index in [4.69, 9.17) is 6.42 Å². The Morgan fingerprint density at radius 2 is 2.53 bits per heavy atom. The summed E-state index contributed by atoms with van der Waals surface area (Å²) in [5, 5.41) is 3.06. The van der Waals surface area contributed by atoms with E-state index in [1.807, 2.05) is 0 Å². The molecule has 15 heavy (non-hydrogen) atoms. The van der Waals surface area contributed by atoms with Crippen LogP contribution >= 0.6 is 11.8 Å². The van der Waals surface area contributed by atoms with Crippen LogP contribution in [0, 0.1) is 19.3 Å². The Bertz CT molecular complexity index is 408. The van der Waals surface area contributed by atoms with E-state index in [9.17, 15) is 4.79 Å². The molecule has 5 heteroatoms. The molecule has 0 spiro atoms. The van der Waals surface area contributed by atoms with E-state index < -0.39 is 0 Å². The lowest BCUT2D eigenvalue weighted by atomic mass is 10.5. The molecule has 0 aliphatic heterocycles. The number of H-pyrrole nitrogens is 1. The fraction of sp³-hybridized carbons (Fsp3) is 0.400. The topological polar surface area (TPSA) is 57.8 Å². The fourth-order valence-corrected chi connectivity index (χ4v) is 1.56. The monoisotopic (exact) mass is 223 g/mol. The van der Waals surface area contributed by atoms with Gasteiger partial charge in [0.05, 0.1) is 5.75 Å². The van der Waals surface area contributed by atoms with Gasteiger partial charge in [-0.25, -0.2) is 4.98 Å². The zero-order chi connectivity index (χ0) is 11.1. The average molecular weight is 223 g/mol. The van der Waals surface area contributed by atoms with Gasteiger partial charge >= 0.3 is 0 Å². The minimum Gasteiger partial charge on any atom is -0.369 e. The van der Waals surface area contributed by atoms with Gasteiger partial charge in [-0.2, -0.15) is 0 Å². The molecule has 0 aliphatic carbocycles. The molecular formula is C10H13N3OS. The average Bonchev–Trinajstić information content (AvgIpc) is 2.16. The normalized spacial score (nSPS) is 9.60. The Labute approximate surface area is 92.9 Å². The smallest absolute Gasteiger partial charge is 0.252 e. The summed E-state index contributed by atoms with van der Waals surface area (Å²) in [6.45, 7) is 2.50. The zero-order valence-electron chi connectivity index (χ0n) is 8.54. The molecule has 80 valence electrons. The first-order valence-electron chi connectivity index (χ1n) is 4.55. The lowest BCUT2D eigenvalue weighted by molar-refractivity contribution is 1.01. The van der Waals surface area contributed by atoms with Crippen LogP contribution in [-0.4, -0.2) is 28.0 Å². The standard InChI is InChI=1S/C10H13N3OS/c1-3-5-15-6-4-11-9-7-10(14)13-8(2)12-9/h1,7H,4-6H2,2H3,(H2,11,12,13,14). The molecule has 1 rings (SSSR count). The molecule has 2 N–H and O–H groups in total. The van der Waals surface area contributed by atoms with Crippen molar-refractivity contribution >= 4 is 17.6 Å². The molecule has 4 nitrogen and oxygen atoms in total. The van der Waals surface area contributed by atoms with Gasteiger partial charge in [0.25, 0.3) is 5.56 Å². The summed E-state index contributed by atoms with van der Waals surface area (Å²) < 4.78 is 0. The van der Waals surface area contributed by atoms with Crippen LogP contribution in [0.3, 0.4) is 0 Å². The third-order valence-corrected chi connectivity index (χ3v) is 2.46. The molecule has 0 amide bonds. The molecule has 0 atom stereocenters. The molecule has 0 aliphatic rings. The number of thioether (sulfide) groups is 1. The summed E-state index contributed by atoms with van der Waals surface area (Å²) in [6.07, 6.45) is 5.11. The zero-order valence-corrected chi connectivity index (χ0v) is 9.36. The first kappa shape index (κ1) is 11.7. The summed E-state index contributed by atoms with van der Waals surface area (Å²) in [4.78, 5) is 17.8. The van der Waals surface area contributed by atoms with Crippen molar-refractivity contribution in [3.05, 3.63) is 22.2 Å². The van der Waals surface area contributed by atoms with Crippen LogP contribution in [0.25, 0.3) is 0 Å². The quantitative estimate of drug-likeness (QED) is 0.574. The number of terminal acetylenes is 1. The Balaban J connectivity index is 2.38. The first-order chi connectivity index (χ1) is 7.22. The van der Waals surface area contributed by atoms with Gasteiger partial charge in [-0.05, 0) is 6.92 Å². The minimum absolute atomic E-state index is 0.138. The highest BCUT2D eigenvalue weighted by Crippen LogP contribution is 2.00. The number of aromatic nitrogens is 2. The van der Waals surface area contributed by atoms with Crippen LogP contribution in [0.4, 0.5) is 5.82 Å². The third-order valence-electron chi connectivity index (χ3n) is 1.60. The van der Waals surface area contributed by atoms with Gasteiger partial charge < -0.3 is 10.3 Å². The molecule has 1 aromatic heterocycles. The number of hydrogen-bond acceptors (Lipinski definition) is 4. The van der Waals surface area contributed by atoms with Crippen LogP contribution in [-0.2, 0) is 0 Å². The Morgan fingerprint density at radius 3 is 3.20 bits per heavy atom.